The number of thioether (sulfide) groups is 1. The van der Waals surface area contributed by atoms with Gasteiger partial charge in [-0.2, -0.15) is 0 Å². The molecule has 16 heavy (non-hydrogen) atoms. The van der Waals surface area contributed by atoms with Crippen LogP contribution < -0.4 is 0 Å². The van der Waals surface area contributed by atoms with Crippen LogP contribution in [0.15, 0.2) is 24.3 Å². The average molecular weight is 257 g/mol. The van der Waals surface area contributed by atoms with Crippen LogP contribution in [0.1, 0.15) is 16.6 Å². The van der Waals surface area contributed by atoms with Gasteiger partial charge in [0.05, 0.1) is 4.92 Å². The predicted octanol–water partition coefficient (Wildman–Crippen LogP) is 2.48. The molecule has 0 aliphatic carbocycles. The first kappa shape index (κ1) is 11.6. The smallest absolute Gasteiger partial charge is 0.258 e. The minimum Gasteiger partial charge on any atom is -0.258 e. The minimum atomic E-state index is -0.910. The van der Waals surface area contributed by atoms with E-state index in [1.165, 1.54) is 12.1 Å². The molecule has 1 saturated heterocycles. The molecule has 4 nitrogen and oxygen atoms in total. The summed E-state index contributed by atoms with van der Waals surface area (Å²) in [5.41, 5.74) is 0.873. The Kier molecular flexibility index (Phi) is 3.60. The Bertz CT molecular complexity index is 436. The summed E-state index contributed by atoms with van der Waals surface area (Å²) in [5.74, 6) is 1.67. The fourth-order valence-electron chi connectivity index (χ4n) is 1.61. The van der Waals surface area contributed by atoms with E-state index in [1.54, 1.807) is 17.8 Å². The molecule has 1 aliphatic heterocycles. The number of non-ortho nitro benzene ring substituents is 1. The van der Waals surface area contributed by atoms with Crippen molar-refractivity contribution in [2.24, 2.45) is 0 Å². The first-order valence-corrected chi connectivity index (χ1v) is 7.35. The van der Waals surface area contributed by atoms with Gasteiger partial charge in [0.15, 0.2) is 0 Å². The molecule has 0 N–H and O–H groups in total. The van der Waals surface area contributed by atoms with Crippen molar-refractivity contribution >= 4 is 28.2 Å². The summed E-state index contributed by atoms with van der Waals surface area (Å²) in [4.78, 5) is 10.2. The molecule has 1 fully saturated rings. The summed E-state index contributed by atoms with van der Waals surface area (Å²) >= 11 is 1.62. The lowest BCUT2D eigenvalue weighted by Crippen LogP contribution is -2.13. The van der Waals surface area contributed by atoms with Crippen molar-refractivity contribution in [3.05, 3.63) is 39.9 Å². The molecule has 0 aromatic heterocycles. The van der Waals surface area contributed by atoms with Crippen molar-refractivity contribution in [3.63, 3.8) is 0 Å². The largest absolute Gasteiger partial charge is 0.269 e. The molecule has 1 unspecified atom stereocenters. The van der Waals surface area contributed by atoms with Gasteiger partial charge >= 0.3 is 0 Å². The van der Waals surface area contributed by atoms with Gasteiger partial charge in [-0.3, -0.25) is 14.3 Å². The van der Waals surface area contributed by atoms with E-state index in [9.17, 15) is 14.3 Å². The SMILES string of the molecule is O=[N+]([O-])c1cccc([C@@H]2SCCCS2=O)c1. The Morgan fingerprint density at radius 2 is 2.31 bits per heavy atom. The fraction of sp³-hybridized carbons (Fsp3) is 0.400. The second-order valence-electron chi connectivity index (χ2n) is 3.49. The van der Waals surface area contributed by atoms with E-state index in [0.717, 1.165) is 17.7 Å². The number of rotatable bonds is 2. The summed E-state index contributed by atoms with van der Waals surface area (Å²) in [7, 11) is -0.910. The lowest BCUT2D eigenvalue weighted by molar-refractivity contribution is -0.384. The third-order valence-corrected chi connectivity index (χ3v) is 5.94. The lowest BCUT2D eigenvalue weighted by Gasteiger charge is -2.20. The van der Waals surface area contributed by atoms with Crippen molar-refractivity contribution < 1.29 is 9.13 Å². The van der Waals surface area contributed by atoms with Crippen molar-refractivity contribution in [2.45, 2.75) is 11.0 Å². The Hall–Kier alpha value is -0.880. The Morgan fingerprint density at radius 3 is 3.00 bits per heavy atom. The highest BCUT2D eigenvalue weighted by atomic mass is 32.2. The van der Waals surface area contributed by atoms with Gasteiger partial charge in [-0.25, -0.2) is 0 Å². The normalized spacial score (nSPS) is 25.2. The Labute approximate surface area is 100 Å². The van der Waals surface area contributed by atoms with Gasteiger partial charge in [0, 0.05) is 28.7 Å². The molecular weight excluding hydrogens is 246 g/mol. The van der Waals surface area contributed by atoms with E-state index in [2.05, 4.69) is 0 Å². The van der Waals surface area contributed by atoms with Gasteiger partial charge in [0.25, 0.3) is 5.69 Å². The Morgan fingerprint density at radius 1 is 1.50 bits per heavy atom. The second-order valence-corrected chi connectivity index (χ2v) is 6.65. The van der Waals surface area contributed by atoms with Gasteiger partial charge in [0.1, 0.15) is 4.58 Å². The van der Waals surface area contributed by atoms with Crippen LogP contribution in [-0.2, 0) is 10.8 Å². The van der Waals surface area contributed by atoms with Gasteiger partial charge in [-0.1, -0.05) is 12.1 Å². The van der Waals surface area contributed by atoms with Crippen molar-refractivity contribution in [3.8, 4) is 0 Å². The summed E-state index contributed by atoms with van der Waals surface area (Å²) in [6.45, 7) is 0. The predicted molar refractivity (Wildman–Crippen MR) is 65.9 cm³/mol. The second kappa shape index (κ2) is 4.97. The average Bonchev–Trinajstić information content (AvgIpc) is 2.30. The number of hydrogen-bond acceptors (Lipinski definition) is 4. The summed E-state index contributed by atoms with van der Waals surface area (Å²) in [6, 6.07) is 6.45. The Balaban J connectivity index is 2.28. The van der Waals surface area contributed by atoms with E-state index in [4.69, 9.17) is 0 Å². The first-order valence-electron chi connectivity index (χ1n) is 4.91. The lowest BCUT2D eigenvalue weighted by atomic mass is 10.2. The third kappa shape index (κ3) is 2.44. The van der Waals surface area contributed by atoms with Gasteiger partial charge in [0.2, 0.25) is 0 Å². The zero-order valence-electron chi connectivity index (χ0n) is 8.50. The molecule has 0 radical (unpaired) electrons. The molecule has 1 aliphatic rings. The van der Waals surface area contributed by atoms with Crippen LogP contribution in [0.25, 0.3) is 0 Å². The standard InChI is InChI=1S/C10H11NO3S2/c12-11(13)9-4-1-3-8(7-9)10-15-5-2-6-16(10)14/h1,3-4,7,10H,2,5-6H2/t10-,16?/m1/s1. The zero-order chi connectivity index (χ0) is 11.5. The number of nitro groups is 1. The summed E-state index contributed by atoms with van der Waals surface area (Å²) < 4.78 is 11.7. The molecule has 1 aromatic rings. The van der Waals surface area contributed by atoms with Crippen LogP contribution in [0.3, 0.4) is 0 Å². The molecule has 0 amide bonds. The highest BCUT2D eigenvalue weighted by Crippen LogP contribution is 2.37. The molecule has 2 atom stereocenters. The van der Waals surface area contributed by atoms with Crippen LogP contribution in [0.4, 0.5) is 5.69 Å². The molecule has 6 heteroatoms. The maximum Gasteiger partial charge on any atom is 0.269 e. The topological polar surface area (TPSA) is 60.2 Å². The molecule has 0 saturated carbocycles. The van der Waals surface area contributed by atoms with Crippen molar-refractivity contribution in [2.75, 3.05) is 11.5 Å². The van der Waals surface area contributed by atoms with Crippen LogP contribution >= 0.6 is 11.8 Å². The fourth-order valence-corrected chi connectivity index (χ4v) is 4.93. The van der Waals surface area contributed by atoms with E-state index in [0.29, 0.717) is 5.75 Å². The maximum atomic E-state index is 11.8. The summed E-state index contributed by atoms with van der Waals surface area (Å²) in [5, 5.41) is 10.6. The number of hydrogen-bond donors (Lipinski definition) is 0. The zero-order valence-corrected chi connectivity index (χ0v) is 10.1. The summed E-state index contributed by atoms with van der Waals surface area (Å²) in [6.07, 6.45) is 0.961. The molecule has 0 spiro atoms. The quantitative estimate of drug-likeness (QED) is 0.603. The monoisotopic (exact) mass is 257 g/mol. The third-order valence-electron chi connectivity index (χ3n) is 2.35. The van der Waals surface area contributed by atoms with Crippen LogP contribution in [0.2, 0.25) is 0 Å². The number of nitro benzene ring substituents is 1. The highest BCUT2D eigenvalue weighted by Gasteiger charge is 2.24. The molecule has 2 rings (SSSR count). The van der Waals surface area contributed by atoms with E-state index >= 15 is 0 Å². The van der Waals surface area contributed by atoms with E-state index < -0.39 is 15.7 Å². The van der Waals surface area contributed by atoms with Crippen LogP contribution in [-0.4, -0.2) is 20.6 Å². The molecular formula is C10H11NO3S2. The van der Waals surface area contributed by atoms with E-state index in [1.807, 2.05) is 6.07 Å². The van der Waals surface area contributed by atoms with Gasteiger partial charge in [-0.15, -0.1) is 11.8 Å². The van der Waals surface area contributed by atoms with Crippen molar-refractivity contribution in [1.82, 2.24) is 0 Å². The van der Waals surface area contributed by atoms with Gasteiger partial charge < -0.3 is 0 Å². The van der Waals surface area contributed by atoms with Crippen molar-refractivity contribution in [1.29, 1.82) is 0 Å². The molecule has 0 bridgehead atoms. The number of benzene rings is 1. The molecule has 86 valence electrons. The van der Waals surface area contributed by atoms with Gasteiger partial charge in [-0.05, 0) is 17.7 Å². The van der Waals surface area contributed by atoms with E-state index in [-0.39, 0.29) is 10.3 Å². The number of nitrogens with zero attached hydrogens (tertiary/aromatic N) is 1. The minimum absolute atomic E-state index is 0.0701. The maximum absolute atomic E-state index is 11.8. The van der Waals surface area contributed by atoms with Crippen LogP contribution in [0.5, 0.6) is 0 Å². The first-order chi connectivity index (χ1) is 7.68. The molecule has 1 heterocycles. The highest BCUT2D eigenvalue weighted by molar-refractivity contribution is 8.11. The van der Waals surface area contributed by atoms with Crippen LogP contribution in [0, 0.1) is 10.1 Å². The molecule has 1 aromatic carbocycles.